The first-order valence-corrected chi connectivity index (χ1v) is 6.09. The molecule has 102 valence electrons. The van der Waals surface area contributed by atoms with Gasteiger partial charge in [-0.3, -0.25) is 0 Å². The van der Waals surface area contributed by atoms with Crippen LogP contribution in [0.3, 0.4) is 0 Å². The quantitative estimate of drug-likeness (QED) is 0.705. The first-order valence-electron chi connectivity index (χ1n) is 6.09. The third-order valence-electron chi connectivity index (χ3n) is 2.29. The summed E-state index contributed by atoms with van der Waals surface area (Å²) in [6.45, 7) is 3.89. The third-order valence-corrected chi connectivity index (χ3v) is 2.29. The lowest BCUT2D eigenvalue weighted by atomic mass is 10.6. The van der Waals surface area contributed by atoms with Crippen LogP contribution >= 0.6 is 0 Å². The second kappa shape index (κ2) is 6.64. The molecule has 8 heteroatoms. The molecule has 2 aromatic rings. The maximum absolute atomic E-state index is 5.25. The molecule has 0 amide bonds. The number of anilines is 2. The molecule has 0 bridgehead atoms. The highest BCUT2D eigenvalue weighted by molar-refractivity contribution is 5.37. The van der Waals surface area contributed by atoms with Crippen LogP contribution in [-0.2, 0) is 4.74 Å². The Morgan fingerprint density at radius 3 is 2.79 bits per heavy atom. The van der Waals surface area contributed by atoms with Gasteiger partial charge in [-0.25, -0.2) is 4.68 Å². The van der Waals surface area contributed by atoms with Crippen molar-refractivity contribution >= 4 is 11.9 Å². The Bertz CT molecular complexity index is 500. The lowest BCUT2D eigenvalue weighted by molar-refractivity contribution is 0.158. The van der Waals surface area contributed by atoms with Crippen molar-refractivity contribution in [2.45, 2.75) is 6.92 Å². The van der Waals surface area contributed by atoms with Crippen molar-refractivity contribution in [3.63, 3.8) is 0 Å². The number of aromatic nitrogens is 5. The fourth-order valence-corrected chi connectivity index (χ4v) is 1.42. The van der Waals surface area contributed by atoms with E-state index in [0.717, 1.165) is 0 Å². The minimum absolute atomic E-state index is 0.461. The summed E-state index contributed by atoms with van der Waals surface area (Å²) in [4.78, 5) is 12.7. The van der Waals surface area contributed by atoms with Gasteiger partial charge in [0.1, 0.15) is 0 Å². The molecule has 19 heavy (non-hydrogen) atoms. The van der Waals surface area contributed by atoms with E-state index in [4.69, 9.17) is 4.74 Å². The molecule has 8 nitrogen and oxygen atoms in total. The Hall–Kier alpha value is -2.22. The predicted octanol–water partition coefficient (Wildman–Crippen LogP) is 0.547. The van der Waals surface area contributed by atoms with Gasteiger partial charge in [0.15, 0.2) is 0 Å². The third kappa shape index (κ3) is 3.62. The minimum atomic E-state index is 0.461. The molecule has 0 aliphatic heterocycles. The van der Waals surface area contributed by atoms with Crippen molar-refractivity contribution in [1.82, 2.24) is 24.7 Å². The van der Waals surface area contributed by atoms with E-state index in [9.17, 15) is 0 Å². The van der Waals surface area contributed by atoms with Crippen LogP contribution in [0.4, 0.5) is 11.9 Å². The predicted molar refractivity (Wildman–Crippen MR) is 71.5 cm³/mol. The molecule has 2 rings (SSSR count). The van der Waals surface area contributed by atoms with Gasteiger partial charge in [-0.1, -0.05) is 0 Å². The zero-order chi connectivity index (χ0) is 13.5. The number of nitrogens with one attached hydrogen (secondary N) is 2. The largest absolute Gasteiger partial charge is 0.380 e. The number of hydrogen-bond donors (Lipinski definition) is 2. The van der Waals surface area contributed by atoms with E-state index in [0.29, 0.717) is 37.6 Å². The molecule has 0 aliphatic carbocycles. The Labute approximate surface area is 111 Å². The van der Waals surface area contributed by atoms with Gasteiger partial charge in [0.2, 0.25) is 11.9 Å². The summed E-state index contributed by atoms with van der Waals surface area (Å²) in [5.41, 5.74) is 0. The minimum Gasteiger partial charge on any atom is -0.380 e. The second-order valence-electron chi connectivity index (χ2n) is 3.61. The zero-order valence-corrected chi connectivity index (χ0v) is 11.0. The maximum Gasteiger partial charge on any atom is 0.257 e. The van der Waals surface area contributed by atoms with Crippen LogP contribution in [0.2, 0.25) is 0 Å². The number of rotatable bonds is 7. The summed E-state index contributed by atoms with van der Waals surface area (Å²) in [6.07, 6.45) is 3.45. The van der Waals surface area contributed by atoms with E-state index in [1.165, 1.54) is 0 Å². The lowest BCUT2D eigenvalue weighted by Crippen LogP contribution is -2.15. The first kappa shape index (κ1) is 13.2. The average molecular weight is 263 g/mol. The molecule has 0 aromatic carbocycles. The number of hydrogen-bond acceptors (Lipinski definition) is 7. The van der Waals surface area contributed by atoms with Crippen molar-refractivity contribution in [3.8, 4) is 5.95 Å². The fraction of sp³-hybridized carbons (Fsp3) is 0.455. The summed E-state index contributed by atoms with van der Waals surface area (Å²) in [5.74, 6) is 1.44. The molecule has 0 saturated heterocycles. The van der Waals surface area contributed by atoms with Crippen LogP contribution in [0.5, 0.6) is 0 Å². The molecule has 0 atom stereocenters. The van der Waals surface area contributed by atoms with Gasteiger partial charge in [-0.05, 0) is 13.0 Å². The van der Waals surface area contributed by atoms with Crippen molar-refractivity contribution in [2.75, 3.05) is 37.4 Å². The van der Waals surface area contributed by atoms with Gasteiger partial charge < -0.3 is 15.4 Å². The smallest absolute Gasteiger partial charge is 0.257 e. The van der Waals surface area contributed by atoms with Gasteiger partial charge in [0.25, 0.3) is 5.95 Å². The zero-order valence-electron chi connectivity index (χ0n) is 11.0. The highest BCUT2D eigenvalue weighted by Crippen LogP contribution is 2.07. The van der Waals surface area contributed by atoms with Gasteiger partial charge in [0.05, 0.1) is 6.61 Å². The van der Waals surface area contributed by atoms with Crippen molar-refractivity contribution in [3.05, 3.63) is 18.5 Å². The average Bonchev–Trinajstić information content (AvgIpc) is 2.97. The molecule has 2 aromatic heterocycles. The topological polar surface area (TPSA) is 89.8 Å². The van der Waals surface area contributed by atoms with E-state index in [-0.39, 0.29) is 0 Å². The van der Waals surface area contributed by atoms with E-state index >= 15 is 0 Å². The summed E-state index contributed by atoms with van der Waals surface area (Å²) in [5, 5.41) is 10.1. The van der Waals surface area contributed by atoms with E-state index in [2.05, 4.69) is 30.7 Å². The van der Waals surface area contributed by atoms with E-state index in [1.807, 2.05) is 13.0 Å². The molecule has 0 unspecified atom stereocenters. The Morgan fingerprint density at radius 2 is 2.11 bits per heavy atom. The standard InChI is InChI=1S/C11H17N7O/c1-3-19-8-6-13-10-15-9(12-2)16-11(17-10)18-7-4-5-14-18/h4-5,7H,3,6,8H2,1-2H3,(H2,12,13,15,16,17). The second-order valence-corrected chi connectivity index (χ2v) is 3.61. The summed E-state index contributed by atoms with van der Waals surface area (Å²) in [7, 11) is 1.76. The molecule has 0 spiro atoms. The first-order chi connectivity index (χ1) is 9.33. The van der Waals surface area contributed by atoms with Gasteiger partial charge in [-0.15, -0.1) is 0 Å². The molecule has 0 radical (unpaired) electrons. The lowest BCUT2D eigenvalue weighted by Gasteiger charge is -2.08. The van der Waals surface area contributed by atoms with Crippen molar-refractivity contribution in [2.24, 2.45) is 0 Å². The summed E-state index contributed by atoms with van der Waals surface area (Å²) in [6, 6.07) is 1.81. The van der Waals surface area contributed by atoms with Gasteiger partial charge in [-0.2, -0.15) is 20.1 Å². The van der Waals surface area contributed by atoms with Gasteiger partial charge in [0, 0.05) is 32.6 Å². The van der Waals surface area contributed by atoms with Crippen LogP contribution in [0.15, 0.2) is 18.5 Å². The van der Waals surface area contributed by atoms with Crippen LogP contribution in [0, 0.1) is 0 Å². The fourth-order valence-electron chi connectivity index (χ4n) is 1.42. The van der Waals surface area contributed by atoms with Crippen molar-refractivity contribution in [1.29, 1.82) is 0 Å². The number of nitrogens with zero attached hydrogens (tertiary/aromatic N) is 5. The molecular weight excluding hydrogens is 246 g/mol. The summed E-state index contributed by atoms with van der Waals surface area (Å²) < 4.78 is 6.83. The normalized spacial score (nSPS) is 10.4. The molecule has 2 N–H and O–H groups in total. The van der Waals surface area contributed by atoms with Gasteiger partial charge >= 0.3 is 0 Å². The van der Waals surface area contributed by atoms with Crippen LogP contribution in [0.25, 0.3) is 5.95 Å². The molecule has 0 saturated carbocycles. The maximum atomic E-state index is 5.25. The van der Waals surface area contributed by atoms with Crippen molar-refractivity contribution < 1.29 is 4.74 Å². The Kier molecular flexibility index (Phi) is 4.62. The van der Waals surface area contributed by atoms with Crippen LogP contribution in [0.1, 0.15) is 6.92 Å². The SMILES string of the molecule is CCOCCNc1nc(NC)nc(-n2cccn2)n1. The molecule has 0 aliphatic rings. The molecule has 2 heterocycles. The Balaban J connectivity index is 2.12. The molecule has 0 fully saturated rings. The van der Waals surface area contributed by atoms with Crippen LogP contribution in [-0.4, -0.2) is 51.5 Å². The highest BCUT2D eigenvalue weighted by atomic mass is 16.5. The van der Waals surface area contributed by atoms with Crippen LogP contribution < -0.4 is 10.6 Å². The van der Waals surface area contributed by atoms with E-state index < -0.39 is 0 Å². The monoisotopic (exact) mass is 263 g/mol. The number of ether oxygens (including phenoxy) is 1. The molecular formula is C11H17N7O. The van der Waals surface area contributed by atoms with E-state index in [1.54, 1.807) is 24.1 Å². The summed E-state index contributed by atoms with van der Waals surface area (Å²) >= 11 is 0. The Morgan fingerprint density at radius 1 is 1.26 bits per heavy atom. The highest BCUT2D eigenvalue weighted by Gasteiger charge is 2.07.